The van der Waals surface area contributed by atoms with E-state index in [-0.39, 0.29) is 12.5 Å². The van der Waals surface area contributed by atoms with Gasteiger partial charge in [0.15, 0.2) is 5.01 Å². The van der Waals surface area contributed by atoms with Crippen molar-refractivity contribution in [2.75, 3.05) is 31.2 Å². The zero-order valence-corrected chi connectivity index (χ0v) is 15.3. The maximum absolute atomic E-state index is 12.4. The van der Waals surface area contributed by atoms with E-state index in [0.717, 1.165) is 34.8 Å². The third-order valence-corrected chi connectivity index (χ3v) is 5.15. The van der Waals surface area contributed by atoms with Crippen molar-refractivity contribution < 1.29 is 9.53 Å². The summed E-state index contributed by atoms with van der Waals surface area (Å²) in [5.74, 6) is 1.27. The molecule has 0 bridgehead atoms. The van der Waals surface area contributed by atoms with Gasteiger partial charge in [0.1, 0.15) is 11.6 Å². The average Bonchev–Trinajstić information content (AvgIpc) is 3.11. The van der Waals surface area contributed by atoms with Crippen molar-refractivity contribution in [3.05, 3.63) is 46.9 Å². The molecule has 0 spiro atoms. The lowest BCUT2D eigenvalue weighted by Gasteiger charge is -2.28. The van der Waals surface area contributed by atoms with Crippen molar-refractivity contribution >= 4 is 33.3 Å². The van der Waals surface area contributed by atoms with Gasteiger partial charge in [-0.2, -0.15) is 0 Å². The minimum absolute atomic E-state index is 0.204. The molecule has 1 saturated heterocycles. The van der Waals surface area contributed by atoms with E-state index in [4.69, 9.17) is 4.74 Å². The normalized spacial score (nSPS) is 14.6. The standard InChI is InChI=1S/C18H19N5O2S/c1-12-10-16(23-6-8-25-9-7-23)22-15(20-12)11-19-17(24)18-21-13-4-2-3-5-14(13)26-18/h2-5,10H,6-9,11H2,1H3,(H,19,24). The van der Waals surface area contributed by atoms with Crippen LogP contribution < -0.4 is 10.2 Å². The molecule has 4 rings (SSSR count). The largest absolute Gasteiger partial charge is 0.378 e. The van der Waals surface area contributed by atoms with Crippen LogP contribution in [0.3, 0.4) is 0 Å². The molecule has 26 heavy (non-hydrogen) atoms. The van der Waals surface area contributed by atoms with Crippen molar-refractivity contribution in [1.29, 1.82) is 0 Å². The van der Waals surface area contributed by atoms with E-state index >= 15 is 0 Å². The summed E-state index contributed by atoms with van der Waals surface area (Å²) in [6.07, 6.45) is 0. The van der Waals surface area contributed by atoms with Gasteiger partial charge in [0.05, 0.1) is 30.0 Å². The summed E-state index contributed by atoms with van der Waals surface area (Å²) < 4.78 is 6.39. The maximum atomic E-state index is 12.4. The summed E-state index contributed by atoms with van der Waals surface area (Å²) in [5, 5.41) is 3.33. The van der Waals surface area contributed by atoms with E-state index in [1.165, 1.54) is 11.3 Å². The molecular weight excluding hydrogens is 350 g/mol. The van der Waals surface area contributed by atoms with Crippen LogP contribution >= 0.6 is 11.3 Å². The number of ether oxygens (including phenoxy) is 1. The minimum Gasteiger partial charge on any atom is -0.378 e. The highest BCUT2D eigenvalue weighted by molar-refractivity contribution is 7.20. The molecule has 0 radical (unpaired) electrons. The smallest absolute Gasteiger partial charge is 0.280 e. The van der Waals surface area contributed by atoms with Crippen LogP contribution in [0.25, 0.3) is 10.2 Å². The Bertz CT molecular complexity index is 903. The van der Waals surface area contributed by atoms with Crippen molar-refractivity contribution in [3.8, 4) is 0 Å². The Morgan fingerprint density at radius 1 is 1.23 bits per heavy atom. The third-order valence-electron chi connectivity index (χ3n) is 4.12. The number of nitrogens with one attached hydrogen (secondary N) is 1. The number of aromatic nitrogens is 3. The Balaban J connectivity index is 1.46. The number of rotatable bonds is 4. The summed E-state index contributed by atoms with van der Waals surface area (Å²) in [4.78, 5) is 28.0. The Morgan fingerprint density at radius 3 is 2.85 bits per heavy atom. The van der Waals surface area contributed by atoms with Crippen LogP contribution in [0, 0.1) is 6.92 Å². The first kappa shape index (κ1) is 16.9. The molecule has 1 aromatic carbocycles. The van der Waals surface area contributed by atoms with E-state index in [1.54, 1.807) is 0 Å². The molecule has 1 N–H and O–H groups in total. The van der Waals surface area contributed by atoms with Gasteiger partial charge in [0, 0.05) is 24.8 Å². The molecule has 134 valence electrons. The highest BCUT2D eigenvalue weighted by Crippen LogP contribution is 2.21. The Hall–Kier alpha value is -2.58. The lowest BCUT2D eigenvalue weighted by atomic mass is 10.3. The second kappa shape index (κ2) is 7.35. The fourth-order valence-corrected chi connectivity index (χ4v) is 3.73. The number of anilines is 1. The van der Waals surface area contributed by atoms with Crippen LogP contribution in [0.2, 0.25) is 0 Å². The Labute approximate surface area is 155 Å². The first-order valence-electron chi connectivity index (χ1n) is 8.50. The van der Waals surface area contributed by atoms with E-state index in [1.807, 2.05) is 37.3 Å². The molecule has 1 fully saturated rings. The fraction of sp³-hybridized carbons (Fsp3) is 0.333. The summed E-state index contributed by atoms with van der Waals surface area (Å²) in [5.41, 5.74) is 1.72. The average molecular weight is 369 g/mol. The number of thiazole rings is 1. The number of para-hydroxylation sites is 1. The number of amides is 1. The number of hydrogen-bond donors (Lipinski definition) is 1. The van der Waals surface area contributed by atoms with Gasteiger partial charge in [-0.05, 0) is 19.1 Å². The molecule has 0 atom stereocenters. The van der Waals surface area contributed by atoms with Gasteiger partial charge in [-0.1, -0.05) is 12.1 Å². The van der Waals surface area contributed by atoms with Crippen LogP contribution in [-0.2, 0) is 11.3 Å². The van der Waals surface area contributed by atoms with E-state index in [2.05, 4.69) is 25.2 Å². The van der Waals surface area contributed by atoms with Gasteiger partial charge in [-0.25, -0.2) is 15.0 Å². The van der Waals surface area contributed by atoms with Gasteiger partial charge >= 0.3 is 0 Å². The van der Waals surface area contributed by atoms with Gasteiger partial charge in [-0.15, -0.1) is 11.3 Å². The molecule has 3 heterocycles. The number of aryl methyl sites for hydroxylation is 1. The first-order valence-corrected chi connectivity index (χ1v) is 9.32. The quantitative estimate of drug-likeness (QED) is 0.759. The molecule has 1 aliphatic heterocycles. The molecular formula is C18H19N5O2S. The molecule has 2 aromatic heterocycles. The number of nitrogens with zero attached hydrogens (tertiary/aromatic N) is 4. The number of morpholine rings is 1. The van der Waals surface area contributed by atoms with E-state index < -0.39 is 0 Å². The van der Waals surface area contributed by atoms with Gasteiger partial charge in [0.2, 0.25) is 0 Å². The van der Waals surface area contributed by atoms with Crippen LogP contribution in [0.4, 0.5) is 5.82 Å². The minimum atomic E-state index is -0.204. The molecule has 7 nitrogen and oxygen atoms in total. The number of carbonyl (C=O) groups excluding carboxylic acids is 1. The molecule has 1 amide bonds. The number of hydrogen-bond acceptors (Lipinski definition) is 7. The molecule has 0 unspecified atom stereocenters. The highest BCUT2D eigenvalue weighted by atomic mass is 32.1. The van der Waals surface area contributed by atoms with Gasteiger partial charge in [0.25, 0.3) is 5.91 Å². The third kappa shape index (κ3) is 3.66. The van der Waals surface area contributed by atoms with Crippen molar-refractivity contribution in [2.45, 2.75) is 13.5 Å². The monoisotopic (exact) mass is 369 g/mol. The van der Waals surface area contributed by atoms with Crippen molar-refractivity contribution in [2.24, 2.45) is 0 Å². The second-order valence-corrected chi connectivity index (χ2v) is 7.08. The zero-order valence-electron chi connectivity index (χ0n) is 14.4. The number of carbonyl (C=O) groups is 1. The summed E-state index contributed by atoms with van der Waals surface area (Å²) in [7, 11) is 0. The molecule has 8 heteroatoms. The van der Waals surface area contributed by atoms with Crippen LogP contribution in [-0.4, -0.2) is 47.2 Å². The SMILES string of the molecule is Cc1cc(N2CCOCC2)nc(CNC(=O)c2nc3ccccc3s2)n1. The molecule has 3 aromatic rings. The van der Waals surface area contributed by atoms with Crippen molar-refractivity contribution in [3.63, 3.8) is 0 Å². The Kier molecular flexibility index (Phi) is 4.77. The predicted octanol–water partition coefficient (Wildman–Crippen LogP) is 2.16. The first-order chi connectivity index (χ1) is 12.7. The number of fused-ring (bicyclic) bond motifs is 1. The lowest BCUT2D eigenvalue weighted by Crippen LogP contribution is -2.37. The Morgan fingerprint density at radius 2 is 2.04 bits per heavy atom. The lowest BCUT2D eigenvalue weighted by molar-refractivity contribution is 0.0949. The van der Waals surface area contributed by atoms with Crippen molar-refractivity contribution in [1.82, 2.24) is 20.3 Å². The molecule has 1 aliphatic rings. The number of benzene rings is 1. The van der Waals surface area contributed by atoms with Crippen LogP contribution in [0.5, 0.6) is 0 Å². The van der Waals surface area contributed by atoms with E-state index in [9.17, 15) is 4.79 Å². The van der Waals surface area contributed by atoms with Crippen LogP contribution in [0.15, 0.2) is 30.3 Å². The van der Waals surface area contributed by atoms with Gasteiger partial charge in [-0.3, -0.25) is 4.79 Å². The fourth-order valence-electron chi connectivity index (χ4n) is 2.85. The van der Waals surface area contributed by atoms with E-state index in [0.29, 0.717) is 24.0 Å². The maximum Gasteiger partial charge on any atom is 0.280 e. The molecule has 0 aliphatic carbocycles. The zero-order chi connectivity index (χ0) is 17.9. The second-order valence-electron chi connectivity index (χ2n) is 6.05. The summed E-state index contributed by atoms with van der Waals surface area (Å²) >= 11 is 1.38. The topological polar surface area (TPSA) is 80.2 Å². The predicted molar refractivity (Wildman–Crippen MR) is 101 cm³/mol. The summed E-state index contributed by atoms with van der Waals surface area (Å²) in [6.45, 7) is 5.24. The molecule has 0 saturated carbocycles. The summed E-state index contributed by atoms with van der Waals surface area (Å²) in [6, 6.07) is 9.68. The highest BCUT2D eigenvalue weighted by Gasteiger charge is 2.16. The van der Waals surface area contributed by atoms with Gasteiger partial charge < -0.3 is 15.0 Å². The van der Waals surface area contributed by atoms with Crippen LogP contribution in [0.1, 0.15) is 21.3 Å².